The van der Waals surface area contributed by atoms with Crippen LogP contribution in [0.1, 0.15) is 18.4 Å². The summed E-state index contributed by atoms with van der Waals surface area (Å²) < 4.78 is 15.0. The fourth-order valence-corrected chi connectivity index (χ4v) is 3.80. The molecule has 0 aliphatic carbocycles. The maximum Gasteiger partial charge on any atom is 0.124 e. The van der Waals surface area contributed by atoms with Gasteiger partial charge in [0.05, 0.1) is 6.20 Å². The molecule has 0 amide bonds. The number of aromatic nitrogens is 2. The van der Waals surface area contributed by atoms with Crippen molar-refractivity contribution in [1.29, 1.82) is 0 Å². The first-order chi connectivity index (χ1) is 12.3. The van der Waals surface area contributed by atoms with Gasteiger partial charge in [-0.1, -0.05) is 12.1 Å². The van der Waals surface area contributed by atoms with Crippen LogP contribution in [0.15, 0.2) is 36.5 Å². The highest BCUT2D eigenvalue weighted by Crippen LogP contribution is 2.18. The molecule has 1 aromatic heterocycles. The standard InChI is InChI=1S/C19H26FN5/c20-17-3-1-15(2-4-17)13-24-9-6-18(7-10-24)21-11-16-12-22-19-5-8-23-25(19)14-16/h1-5,8,16,18,21-22H,6-7,9-14H2. The zero-order valence-electron chi connectivity index (χ0n) is 14.5. The van der Waals surface area contributed by atoms with Crippen molar-refractivity contribution in [3.63, 3.8) is 0 Å². The van der Waals surface area contributed by atoms with Gasteiger partial charge in [-0.3, -0.25) is 4.90 Å². The number of nitrogens with one attached hydrogen (secondary N) is 2. The van der Waals surface area contributed by atoms with Crippen molar-refractivity contribution in [1.82, 2.24) is 20.0 Å². The molecule has 25 heavy (non-hydrogen) atoms. The quantitative estimate of drug-likeness (QED) is 0.875. The third kappa shape index (κ3) is 4.19. The number of halogens is 1. The number of benzene rings is 1. The van der Waals surface area contributed by atoms with Crippen LogP contribution in [0.4, 0.5) is 10.2 Å². The summed E-state index contributed by atoms with van der Waals surface area (Å²) in [6, 6.07) is 9.50. The van der Waals surface area contributed by atoms with Gasteiger partial charge in [0.2, 0.25) is 0 Å². The predicted molar refractivity (Wildman–Crippen MR) is 96.9 cm³/mol. The van der Waals surface area contributed by atoms with Crippen LogP contribution >= 0.6 is 0 Å². The van der Waals surface area contributed by atoms with E-state index >= 15 is 0 Å². The van der Waals surface area contributed by atoms with E-state index in [1.807, 2.05) is 24.4 Å². The van der Waals surface area contributed by atoms with E-state index in [4.69, 9.17) is 0 Å². The molecule has 2 N–H and O–H groups in total. The van der Waals surface area contributed by atoms with Crippen LogP contribution in [0.3, 0.4) is 0 Å². The molecule has 0 radical (unpaired) electrons. The molecule has 1 saturated heterocycles. The molecular weight excluding hydrogens is 317 g/mol. The highest BCUT2D eigenvalue weighted by atomic mass is 19.1. The molecule has 4 rings (SSSR count). The van der Waals surface area contributed by atoms with Gasteiger partial charge >= 0.3 is 0 Å². The van der Waals surface area contributed by atoms with Crippen molar-refractivity contribution in [2.45, 2.75) is 32.0 Å². The maximum atomic E-state index is 13.0. The Morgan fingerprint density at radius 3 is 2.76 bits per heavy atom. The molecule has 6 heteroatoms. The third-order valence-corrected chi connectivity index (χ3v) is 5.32. The second-order valence-electron chi connectivity index (χ2n) is 7.23. The van der Waals surface area contributed by atoms with Gasteiger partial charge in [0.15, 0.2) is 0 Å². The molecule has 2 aliphatic heterocycles. The number of hydrogen-bond donors (Lipinski definition) is 2. The second kappa shape index (κ2) is 7.54. The smallest absolute Gasteiger partial charge is 0.124 e. The van der Waals surface area contributed by atoms with Crippen molar-refractivity contribution < 1.29 is 4.39 Å². The van der Waals surface area contributed by atoms with Gasteiger partial charge in [-0.15, -0.1) is 0 Å². The van der Waals surface area contributed by atoms with Crippen molar-refractivity contribution in [3.05, 3.63) is 47.9 Å². The summed E-state index contributed by atoms with van der Waals surface area (Å²) in [6.45, 7) is 6.16. The van der Waals surface area contributed by atoms with Crippen molar-refractivity contribution >= 4 is 5.82 Å². The van der Waals surface area contributed by atoms with Gasteiger partial charge in [0, 0.05) is 44.2 Å². The van der Waals surface area contributed by atoms with E-state index in [0.717, 1.165) is 45.1 Å². The first kappa shape index (κ1) is 16.5. The van der Waals surface area contributed by atoms with E-state index in [-0.39, 0.29) is 5.82 Å². The Balaban J connectivity index is 1.18. The topological polar surface area (TPSA) is 45.1 Å². The number of nitrogens with zero attached hydrogens (tertiary/aromatic N) is 3. The Hall–Kier alpha value is -1.92. The predicted octanol–water partition coefficient (Wildman–Crippen LogP) is 2.32. The highest BCUT2D eigenvalue weighted by Gasteiger charge is 2.22. The molecular formula is C19H26FN5. The third-order valence-electron chi connectivity index (χ3n) is 5.32. The lowest BCUT2D eigenvalue weighted by Crippen LogP contribution is -2.45. The summed E-state index contributed by atoms with van der Waals surface area (Å²) in [4.78, 5) is 2.46. The number of likely N-dealkylation sites (tertiary alicyclic amines) is 1. The Morgan fingerprint density at radius 2 is 1.96 bits per heavy atom. The zero-order valence-corrected chi connectivity index (χ0v) is 14.5. The summed E-state index contributed by atoms with van der Waals surface area (Å²) in [6.07, 6.45) is 4.21. The van der Waals surface area contributed by atoms with Crippen molar-refractivity contribution in [2.75, 3.05) is 31.5 Å². The monoisotopic (exact) mass is 343 g/mol. The van der Waals surface area contributed by atoms with E-state index in [1.54, 1.807) is 12.1 Å². The summed E-state index contributed by atoms with van der Waals surface area (Å²) in [7, 11) is 0. The number of hydrogen-bond acceptors (Lipinski definition) is 4. The summed E-state index contributed by atoms with van der Waals surface area (Å²) in [5.74, 6) is 1.56. The summed E-state index contributed by atoms with van der Waals surface area (Å²) in [5.41, 5.74) is 1.19. The number of piperidine rings is 1. The molecule has 0 saturated carbocycles. The largest absolute Gasteiger partial charge is 0.370 e. The van der Waals surface area contributed by atoms with Crippen LogP contribution < -0.4 is 10.6 Å². The van der Waals surface area contributed by atoms with Crippen LogP contribution in [0.2, 0.25) is 0 Å². The molecule has 0 bridgehead atoms. The highest BCUT2D eigenvalue weighted by molar-refractivity contribution is 5.35. The number of anilines is 1. The lowest BCUT2D eigenvalue weighted by atomic mass is 10.0. The Labute approximate surface area is 148 Å². The molecule has 134 valence electrons. The minimum atomic E-state index is -0.161. The minimum absolute atomic E-state index is 0.161. The van der Waals surface area contributed by atoms with E-state index in [0.29, 0.717) is 12.0 Å². The Kier molecular flexibility index (Phi) is 4.99. The minimum Gasteiger partial charge on any atom is -0.370 e. The van der Waals surface area contributed by atoms with Crippen LogP contribution in [-0.2, 0) is 13.1 Å². The first-order valence-corrected chi connectivity index (χ1v) is 9.22. The molecule has 5 nitrogen and oxygen atoms in total. The molecule has 1 unspecified atom stereocenters. The van der Waals surface area contributed by atoms with Crippen molar-refractivity contribution in [2.24, 2.45) is 5.92 Å². The number of rotatable bonds is 5. The summed E-state index contributed by atoms with van der Waals surface area (Å²) >= 11 is 0. The normalized spacial score (nSPS) is 21.7. The van der Waals surface area contributed by atoms with E-state index in [1.165, 1.54) is 18.4 Å². The van der Waals surface area contributed by atoms with E-state index in [2.05, 4.69) is 25.3 Å². The zero-order chi connectivity index (χ0) is 17.1. The molecule has 1 aromatic carbocycles. The lowest BCUT2D eigenvalue weighted by Gasteiger charge is -2.34. The van der Waals surface area contributed by atoms with Crippen molar-refractivity contribution in [3.8, 4) is 0 Å². The molecule has 2 aliphatic rings. The summed E-state index contributed by atoms with van der Waals surface area (Å²) in [5, 5.41) is 11.5. The van der Waals surface area contributed by atoms with Gasteiger partial charge in [0.25, 0.3) is 0 Å². The Morgan fingerprint density at radius 1 is 1.16 bits per heavy atom. The molecule has 1 fully saturated rings. The van der Waals surface area contributed by atoms with Crippen LogP contribution in [-0.4, -0.2) is 46.9 Å². The van der Waals surface area contributed by atoms with Crippen LogP contribution in [0, 0.1) is 11.7 Å². The average Bonchev–Trinajstić information content (AvgIpc) is 3.11. The van der Waals surface area contributed by atoms with Gasteiger partial charge in [-0.2, -0.15) is 5.10 Å². The second-order valence-corrected chi connectivity index (χ2v) is 7.23. The van der Waals surface area contributed by atoms with E-state index in [9.17, 15) is 4.39 Å². The Bertz CT molecular complexity index is 675. The van der Waals surface area contributed by atoms with Gasteiger partial charge in [-0.25, -0.2) is 9.07 Å². The average molecular weight is 343 g/mol. The van der Waals surface area contributed by atoms with Gasteiger partial charge < -0.3 is 10.6 Å². The van der Waals surface area contributed by atoms with Gasteiger partial charge in [-0.05, 0) is 43.6 Å². The lowest BCUT2D eigenvalue weighted by molar-refractivity contribution is 0.186. The molecule has 2 aromatic rings. The SMILES string of the molecule is Fc1ccc(CN2CCC(NCC3CNc4ccnn4C3)CC2)cc1. The molecule has 3 heterocycles. The molecule has 0 spiro atoms. The van der Waals surface area contributed by atoms with Crippen LogP contribution in [0.5, 0.6) is 0 Å². The molecule has 1 atom stereocenters. The number of fused-ring (bicyclic) bond motifs is 1. The first-order valence-electron chi connectivity index (χ1n) is 9.22. The maximum absolute atomic E-state index is 13.0. The fourth-order valence-electron chi connectivity index (χ4n) is 3.80. The van der Waals surface area contributed by atoms with Crippen LogP contribution in [0.25, 0.3) is 0 Å². The van der Waals surface area contributed by atoms with Gasteiger partial charge in [0.1, 0.15) is 11.6 Å². The fraction of sp³-hybridized carbons (Fsp3) is 0.526. The van der Waals surface area contributed by atoms with E-state index < -0.39 is 0 Å².